The van der Waals surface area contributed by atoms with Crippen LogP contribution in [0.15, 0.2) is 39.9 Å². The van der Waals surface area contributed by atoms with Gasteiger partial charge in [0.1, 0.15) is 5.76 Å². The number of oxazole rings is 1. The van der Waals surface area contributed by atoms with Crippen molar-refractivity contribution in [1.82, 2.24) is 15.6 Å². The minimum atomic E-state index is -0.0619. The van der Waals surface area contributed by atoms with Crippen molar-refractivity contribution in [2.45, 2.75) is 52.0 Å². The Labute approximate surface area is 195 Å². The zero-order valence-corrected chi connectivity index (χ0v) is 20.5. The largest absolute Gasteiger partial charge is 0.443 e. The van der Waals surface area contributed by atoms with E-state index in [-0.39, 0.29) is 35.3 Å². The molecule has 0 saturated carbocycles. The number of nitrogens with one attached hydrogen (secondary N) is 2. The molecule has 0 bridgehead atoms. The van der Waals surface area contributed by atoms with E-state index in [1.165, 1.54) is 5.56 Å². The number of aliphatic imine (C=N–C) groups is 1. The van der Waals surface area contributed by atoms with Gasteiger partial charge in [-0.05, 0) is 24.5 Å². The molecular weight excluding hydrogens is 493 g/mol. The molecule has 1 aliphatic heterocycles. The molecule has 0 fully saturated rings. The first-order valence-corrected chi connectivity index (χ1v) is 10.2. The number of amides is 1. The fourth-order valence-corrected chi connectivity index (χ4v) is 3.30. The number of benzene rings is 1. The van der Waals surface area contributed by atoms with Crippen molar-refractivity contribution < 1.29 is 9.21 Å². The zero-order valence-electron chi connectivity index (χ0n) is 18.2. The van der Waals surface area contributed by atoms with E-state index in [1.54, 1.807) is 13.2 Å². The molecule has 0 unspecified atom stereocenters. The van der Waals surface area contributed by atoms with Crippen LogP contribution >= 0.6 is 24.0 Å². The number of carbonyl (C=O) groups excluding carboxylic acids is 1. The summed E-state index contributed by atoms with van der Waals surface area (Å²) < 4.78 is 5.78. The second-order valence-electron chi connectivity index (χ2n) is 8.25. The summed E-state index contributed by atoms with van der Waals surface area (Å²) in [5.41, 5.74) is 2.25. The van der Waals surface area contributed by atoms with Crippen LogP contribution in [0.4, 0.5) is 5.69 Å². The van der Waals surface area contributed by atoms with E-state index in [9.17, 15) is 4.79 Å². The van der Waals surface area contributed by atoms with Crippen LogP contribution in [0.3, 0.4) is 0 Å². The Morgan fingerprint density at radius 1 is 1.27 bits per heavy atom. The van der Waals surface area contributed by atoms with Gasteiger partial charge in [0, 0.05) is 37.7 Å². The van der Waals surface area contributed by atoms with Crippen LogP contribution in [0, 0.1) is 0 Å². The van der Waals surface area contributed by atoms with Crippen molar-refractivity contribution in [2.75, 3.05) is 25.0 Å². The molecule has 0 radical (unpaired) electrons. The number of anilines is 1. The Bertz CT molecular complexity index is 872. The van der Waals surface area contributed by atoms with Crippen LogP contribution in [0.25, 0.3) is 0 Å². The lowest BCUT2D eigenvalue weighted by Gasteiger charge is -2.17. The fraction of sp³-hybridized carbons (Fsp3) is 0.500. The highest BCUT2D eigenvalue weighted by Crippen LogP contribution is 2.28. The molecule has 1 aliphatic rings. The number of rotatable bonds is 6. The number of fused-ring (bicyclic) bond motifs is 1. The maximum atomic E-state index is 12.5. The van der Waals surface area contributed by atoms with Crippen LogP contribution in [-0.4, -0.2) is 37.0 Å². The number of guanidine groups is 1. The molecule has 1 amide bonds. The first kappa shape index (κ1) is 24.2. The first-order chi connectivity index (χ1) is 13.9. The van der Waals surface area contributed by atoms with Crippen molar-refractivity contribution in [3.63, 3.8) is 0 Å². The van der Waals surface area contributed by atoms with Crippen LogP contribution in [0.5, 0.6) is 0 Å². The third-order valence-corrected chi connectivity index (χ3v) is 4.97. The normalized spacial score (nSPS) is 13.6. The van der Waals surface area contributed by atoms with Crippen molar-refractivity contribution in [3.8, 4) is 0 Å². The number of hydrogen-bond acceptors (Lipinski definition) is 4. The predicted octanol–water partition coefficient (Wildman–Crippen LogP) is 3.62. The Balaban J connectivity index is 0.00000320. The molecule has 0 saturated heterocycles. The molecule has 1 aromatic carbocycles. The monoisotopic (exact) mass is 525 g/mol. The van der Waals surface area contributed by atoms with Crippen LogP contribution in [0.2, 0.25) is 0 Å². The maximum absolute atomic E-state index is 12.5. The second kappa shape index (κ2) is 10.8. The molecule has 2 heterocycles. The molecule has 0 spiro atoms. The van der Waals surface area contributed by atoms with Gasteiger partial charge in [0.05, 0.1) is 12.7 Å². The lowest BCUT2D eigenvalue weighted by atomic mass is 9.94. The summed E-state index contributed by atoms with van der Waals surface area (Å²) in [4.78, 5) is 23.0. The molecule has 2 N–H and O–H groups in total. The minimum absolute atomic E-state index is 0. The van der Waals surface area contributed by atoms with Crippen LogP contribution in [0.1, 0.15) is 50.8 Å². The highest BCUT2D eigenvalue weighted by molar-refractivity contribution is 14.0. The minimum Gasteiger partial charge on any atom is -0.443 e. The van der Waals surface area contributed by atoms with E-state index >= 15 is 0 Å². The van der Waals surface area contributed by atoms with Gasteiger partial charge in [-0.3, -0.25) is 9.79 Å². The number of halogens is 1. The van der Waals surface area contributed by atoms with E-state index in [1.807, 2.05) is 23.1 Å². The zero-order chi connectivity index (χ0) is 20.9. The van der Waals surface area contributed by atoms with E-state index in [0.717, 1.165) is 30.8 Å². The third-order valence-electron chi connectivity index (χ3n) is 4.97. The molecule has 0 atom stereocenters. The SMILES string of the molecule is CN=C(NCCCC(=O)N1CCc2ccccc21)NCc1ncc(C(C)(C)C)o1.I. The lowest BCUT2D eigenvalue weighted by Crippen LogP contribution is -2.38. The highest BCUT2D eigenvalue weighted by atomic mass is 127. The van der Waals surface area contributed by atoms with Crippen LogP contribution in [-0.2, 0) is 23.2 Å². The van der Waals surface area contributed by atoms with Crippen LogP contribution < -0.4 is 15.5 Å². The van der Waals surface area contributed by atoms with Crippen molar-refractivity contribution >= 4 is 41.5 Å². The summed E-state index contributed by atoms with van der Waals surface area (Å²) in [5, 5.41) is 6.43. The van der Waals surface area contributed by atoms with Gasteiger partial charge in [-0.2, -0.15) is 0 Å². The van der Waals surface area contributed by atoms with Gasteiger partial charge in [-0.1, -0.05) is 39.0 Å². The Hall–Kier alpha value is -2.10. The summed E-state index contributed by atoms with van der Waals surface area (Å²) in [6.07, 6.45) is 3.96. The van der Waals surface area contributed by atoms with Gasteiger partial charge in [0.15, 0.2) is 5.96 Å². The summed E-state index contributed by atoms with van der Waals surface area (Å²) in [6.45, 7) is 8.17. The topological polar surface area (TPSA) is 82.8 Å². The predicted molar refractivity (Wildman–Crippen MR) is 131 cm³/mol. The summed E-state index contributed by atoms with van der Waals surface area (Å²) in [6, 6.07) is 8.13. The van der Waals surface area contributed by atoms with E-state index in [4.69, 9.17) is 4.42 Å². The standard InChI is InChI=1S/C22H31N5O2.HI/c1-22(2,3)18-14-25-19(29-18)15-26-21(23-4)24-12-7-10-20(28)27-13-11-16-8-5-6-9-17(16)27;/h5-6,8-9,14H,7,10-13,15H2,1-4H3,(H2,23,24,26);1H. The smallest absolute Gasteiger partial charge is 0.227 e. The average molecular weight is 525 g/mol. The number of nitrogens with zero attached hydrogens (tertiary/aromatic N) is 3. The summed E-state index contributed by atoms with van der Waals surface area (Å²) in [5.74, 6) is 2.33. The van der Waals surface area contributed by atoms with E-state index in [2.05, 4.69) is 47.4 Å². The molecule has 3 rings (SSSR count). The molecule has 0 aliphatic carbocycles. The number of aromatic nitrogens is 1. The Morgan fingerprint density at radius 3 is 2.73 bits per heavy atom. The van der Waals surface area contributed by atoms with Crippen molar-refractivity contribution in [1.29, 1.82) is 0 Å². The lowest BCUT2D eigenvalue weighted by molar-refractivity contribution is -0.118. The molecule has 30 heavy (non-hydrogen) atoms. The molecule has 2 aromatic rings. The van der Waals surface area contributed by atoms with Gasteiger partial charge in [0.25, 0.3) is 0 Å². The van der Waals surface area contributed by atoms with Gasteiger partial charge < -0.3 is 20.0 Å². The highest BCUT2D eigenvalue weighted by Gasteiger charge is 2.23. The summed E-state index contributed by atoms with van der Waals surface area (Å²) in [7, 11) is 1.72. The fourth-order valence-electron chi connectivity index (χ4n) is 3.30. The number of carbonyl (C=O) groups is 1. The van der Waals surface area contributed by atoms with E-state index < -0.39 is 0 Å². The summed E-state index contributed by atoms with van der Waals surface area (Å²) >= 11 is 0. The molecular formula is C22H32IN5O2. The molecule has 164 valence electrons. The number of para-hydroxylation sites is 1. The Morgan fingerprint density at radius 2 is 2.03 bits per heavy atom. The Kier molecular flexibility index (Phi) is 8.69. The third kappa shape index (κ3) is 6.20. The average Bonchev–Trinajstić information content (AvgIpc) is 3.34. The second-order valence-corrected chi connectivity index (χ2v) is 8.25. The van der Waals surface area contributed by atoms with Crippen molar-refractivity contribution in [3.05, 3.63) is 47.7 Å². The molecule has 1 aromatic heterocycles. The van der Waals surface area contributed by atoms with Gasteiger partial charge in [-0.25, -0.2) is 4.98 Å². The molecule has 7 nitrogen and oxygen atoms in total. The molecule has 8 heteroatoms. The van der Waals surface area contributed by atoms with Gasteiger partial charge in [-0.15, -0.1) is 24.0 Å². The van der Waals surface area contributed by atoms with E-state index in [0.29, 0.717) is 31.4 Å². The quantitative estimate of drug-likeness (QED) is 0.261. The number of hydrogen-bond donors (Lipinski definition) is 2. The van der Waals surface area contributed by atoms with Crippen molar-refractivity contribution in [2.24, 2.45) is 4.99 Å². The van der Waals surface area contributed by atoms with Gasteiger partial charge >= 0.3 is 0 Å². The first-order valence-electron chi connectivity index (χ1n) is 10.2. The maximum Gasteiger partial charge on any atom is 0.227 e. The van der Waals surface area contributed by atoms with Gasteiger partial charge in [0.2, 0.25) is 11.8 Å².